The van der Waals surface area contributed by atoms with Crippen molar-refractivity contribution in [3.8, 4) is 0 Å². The van der Waals surface area contributed by atoms with Gasteiger partial charge in [-0.2, -0.15) is 0 Å². The third-order valence-corrected chi connectivity index (χ3v) is 3.80. The van der Waals surface area contributed by atoms with Gasteiger partial charge < -0.3 is 9.67 Å². The van der Waals surface area contributed by atoms with Crippen LogP contribution in [0.15, 0.2) is 17.5 Å². The first-order valence-electron chi connectivity index (χ1n) is 5.47. The average molecular weight is 235 g/mol. The molecule has 1 aliphatic rings. The molecule has 84 valence electrons. The molecule has 0 spiro atoms. The van der Waals surface area contributed by atoms with Crippen LogP contribution in [0.3, 0.4) is 0 Å². The summed E-state index contributed by atoms with van der Waals surface area (Å²) in [5, 5.41) is 20.1. The van der Waals surface area contributed by atoms with Crippen LogP contribution >= 0.6 is 11.3 Å². The van der Waals surface area contributed by atoms with Crippen LogP contribution in [-0.2, 0) is 13.0 Å². The molecule has 2 aromatic rings. The summed E-state index contributed by atoms with van der Waals surface area (Å²) in [5.41, 5.74) is 0. The largest absolute Gasteiger partial charge is 0.385 e. The number of thiophene rings is 1. The zero-order valence-corrected chi connectivity index (χ0v) is 9.65. The van der Waals surface area contributed by atoms with E-state index in [1.165, 1.54) is 4.88 Å². The highest BCUT2D eigenvalue weighted by Crippen LogP contribution is 2.25. The summed E-state index contributed by atoms with van der Waals surface area (Å²) >= 11 is 1.73. The molecule has 0 fully saturated rings. The summed E-state index contributed by atoms with van der Waals surface area (Å²) < 4.78 is 2.06. The van der Waals surface area contributed by atoms with Crippen molar-refractivity contribution >= 4 is 11.3 Å². The maximum atomic E-state index is 9.78. The van der Waals surface area contributed by atoms with Gasteiger partial charge in [-0.25, -0.2) is 0 Å². The van der Waals surface area contributed by atoms with E-state index in [1.54, 1.807) is 11.3 Å². The molecule has 3 rings (SSSR count). The van der Waals surface area contributed by atoms with Crippen LogP contribution in [0, 0.1) is 0 Å². The van der Waals surface area contributed by atoms with E-state index in [4.69, 9.17) is 0 Å². The maximum Gasteiger partial charge on any atom is 0.161 e. The van der Waals surface area contributed by atoms with E-state index in [0.29, 0.717) is 0 Å². The van der Waals surface area contributed by atoms with Crippen molar-refractivity contribution < 1.29 is 5.11 Å². The predicted octanol–water partition coefficient (Wildman–Crippen LogP) is 1.76. The van der Waals surface area contributed by atoms with Gasteiger partial charge in [-0.1, -0.05) is 6.07 Å². The normalized spacial score (nSPS) is 19.7. The second kappa shape index (κ2) is 3.99. The van der Waals surface area contributed by atoms with Crippen LogP contribution in [-0.4, -0.2) is 19.9 Å². The van der Waals surface area contributed by atoms with Gasteiger partial charge in [0.1, 0.15) is 11.9 Å². The molecule has 1 N–H and O–H groups in total. The molecule has 0 saturated carbocycles. The van der Waals surface area contributed by atoms with Crippen LogP contribution in [0.25, 0.3) is 0 Å². The van der Waals surface area contributed by atoms with Gasteiger partial charge in [0.05, 0.1) is 0 Å². The number of rotatable bonds is 2. The van der Waals surface area contributed by atoms with Crippen LogP contribution in [0.2, 0.25) is 0 Å². The van der Waals surface area contributed by atoms with Crippen LogP contribution in [0.1, 0.15) is 35.5 Å². The Labute approximate surface area is 97.6 Å². The Balaban J connectivity index is 1.91. The molecule has 0 amide bonds. The Morgan fingerprint density at radius 1 is 1.50 bits per heavy atom. The fourth-order valence-electron chi connectivity index (χ4n) is 2.11. The fraction of sp³-hybridized carbons (Fsp3) is 0.455. The van der Waals surface area contributed by atoms with Crippen molar-refractivity contribution in [2.24, 2.45) is 0 Å². The molecule has 1 atom stereocenters. The van der Waals surface area contributed by atoms with E-state index in [1.807, 2.05) is 6.07 Å². The van der Waals surface area contributed by atoms with Gasteiger partial charge >= 0.3 is 0 Å². The molecule has 4 nitrogen and oxygen atoms in total. The number of hydrogen-bond donors (Lipinski definition) is 1. The molecule has 1 unspecified atom stereocenters. The van der Waals surface area contributed by atoms with E-state index in [2.05, 4.69) is 26.2 Å². The Morgan fingerprint density at radius 3 is 3.25 bits per heavy atom. The van der Waals surface area contributed by atoms with Crippen LogP contribution in [0.5, 0.6) is 0 Å². The minimum absolute atomic E-state index is 0.432. The minimum atomic E-state index is -0.432. The summed E-state index contributed by atoms with van der Waals surface area (Å²) in [7, 11) is 0. The highest BCUT2D eigenvalue weighted by Gasteiger charge is 2.23. The Kier molecular flexibility index (Phi) is 2.49. The standard InChI is InChI=1S/C11H13N3OS/c15-9-4-1-5-14-10(12-13-11(9)14)7-8-3-2-6-16-8/h2-3,6,9,15H,1,4-5,7H2. The van der Waals surface area contributed by atoms with Gasteiger partial charge in [0.15, 0.2) is 5.82 Å². The summed E-state index contributed by atoms with van der Waals surface area (Å²) in [6.07, 6.45) is 2.19. The number of aromatic nitrogens is 3. The Morgan fingerprint density at radius 2 is 2.44 bits per heavy atom. The number of nitrogens with zero attached hydrogens (tertiary/aromatic N) is 3. The van der Waals surface area contributed by atoms with Crippen LogP contribution < -0.4 is 0 Å². The SMILES string of the molecule is OC1CCCn2c(Cc3cccs3)nnc21. The van der Waals surface area contributed by atoms with Gasteiger partial charge in [-0.15, -0.1) is 21.5 Å². The molecule has 0 aromatic carbocycles. The highest BCUT2D eigenvalue weighted by atomic mass is 32.1. The maximum absolute atomic E-state index is 9.78. The summed E-state index contributed by atoms with van der Waals surface area (Å²) in [6.45, 7) is 0.931. The van der Waals surface area contributed by atoms with Gasteiger partial charge in [-0.05, 0) is 24.3 Å². The predicted molar refractivity (Wildman–Crippen MR) is 61.3 cm³/mol. The number of hydrogen-bond acceptors (Lipinski definition) is 4. The van der Waals surface area contributed by atoms with Crippen molar-refractivity contribution in [1.82, 2.24) is 14.8 Å². The van der Waals surface area contributed by atoms with Crippen molar-refractivity contribution in [3.05, 3.63) is 34.0 Å². The first-order chi connectivity index (χ1) is 7.84. The van der Waals surface area contributed by atoms with E-state index in [9.17, 15) is 5.11 Å². The van der Waals surface area contributed by atoms with Gasteiger partial charge in [0.2, 0.25) is 0 Å². The molecule has 0 saturated heterocycles. The zero-order valence-electron chi connectivity index (χ0n) is 8.83. The molecule has 0 aliphatic carbocycles. The zero-order chi connectivity index (χ0) is 11.0. The molecule has 0 radical (unpaired) electrons. The lowest BCUT2D eigenvalue weighted by Crippen LogP contribution is -2.17. The third-order valence-electron chi connectivity index (χ3n) is 2.93. The minimum Gasteiger partial charge on any atom is -0.385 e. The number of aliphatic hydroxyl groups is 1. The average Bonchev–Trinajstić information content (AvgIpc) is 2.90. The van der Waals surface area contributed by atoms with Crippen molar-refractivity contribution in [2.45, 2.75) is 31.9 Å². The van der Waals surface area contributed by atoms with E-state index in [0.717, 1.165) is 37.5 Å². The highest BCUT2D eigenvalue weighted by molar-refractivity contribution is 7.09. The second-order valence-electron chi connectivity index (χ2n) is 4.04. The lowest BCUT2D eigenvalue weighted by atomic mass is 10.1. The summed E-state index contributed by atoms with van der Waals surface area (Å²) in [4.78, 5) is 1.29. The van der Waals surface area contributed by atoms with Gasteiger partial charge in [0.25, 0.3) is 0 Å². The van der Waals surface area contributed by atoms with Crippen molar-refractivity contribution in [3.63, 3.8) is 0 Å². The molecule has 16 heavy (non-hydrogen) atoms. The summed E-state index contributed by atoms with van der Waals surface area (Å²) in [5.74, 6) is 1.70. The summed E-state index contributed by atoms with van der Waals surface area (Å²) in [6, 6.07) is 4.15. The Hall–Kier alpha value is -1.20. The van der Waals surface area contributed by atoms with Crippen LogP contribution in [0.4, 0.5) is 0 Å². The van der Waals surface area contributed by atoms with E-state index in [-0.39, 0.29) is 0 Å². The lowest BCUT2D eigenvalue weighted by Gasteiger charge is -2.19. The molecule has 5 heteroatoms. The second-order valence-corrected chi connectivity index (χ2v) is 5.07. The Bertz CT molecular complexity index is 477. The fourth-order valence-corrected chi connectivity index (χ4v) is 2.81. The van der Waals surface area contributed by atoms with E-state index >= 15 is 0 Å². The van der Waals surface area contributed by atoms with Gasteiger partial charge in [0, 0.05) is 17.8 Å². The molecule has 0 bridgehead atoms. The number of aliphatic hydroxyl groups excluding tert-OH is 1. The third kappa shape index (κ3) is 1.66. The molecule has 1 aliphatic heterocycles. The smallest absolute Gasteiger partial charge is 0.161 e. The quantitative estimate of drug-likeness (QED) is 0.863. The molecule has 2 aromatic heterocycles. The molecule has 3 heterocycles. The van der Waals surface area contributed by atoms with Crippen molar-refractivity contribution in [1.29, 1.82) is 0 Å². The first-order valence-corrected chi connectivity index (χ1v) is 6.35. The van der Waals surface area contributed by atoms with Gasteiger partial charge in [-0.3, -0.25) is 0 Å². The lowest BCUT2D eigenvalue weighted by molar-refractivity contribution is 0.133. The van der Waals surface area contributed by atoms with Crippen molar-refractivity contribution in [2.75, 3.05) is 0 Å². The molecular formula is C11H13N3OS. The topological polar surface area (TPSA) is 50.9 Å². The number of fused-ring (bicyclic) bond motifs is 1. The molecular weight excluding hydrogens is 222 g/mol. The first kappa shape index (κ1) is 9.99. The van der Waals surface area contributed by atoms with E-state index < -0.39 is 6.10 Å². The monoisotopic (exact) mass is 235 g/mol.